The fraction of sp³-hybridized carbons (Fsp3) is 0. The number of hydrogen-bond donors (Lipinski definition) is 0. The third-order valence-electron chi connectivity index (χ3n) is 9.26. The normalized spacial score (nSPS) is 11.4. The van der Waals surface area contributed by atoms with Crippen LogP contribution in [-0.4, -0.2) is 4.98 Å². The van der Waals surface area contributed by atoms with Crippen molar-refractivity contribution in [2.24, 2.45) is 0 Å². The summed E-state index contributed by atoms with van der Waals surface area (Å²) in [6, 6.07) is 63.0. The summed E-state index contributed by atoms with van der Waals surface area (Å²) in [5.74, 6) is 0. The van der Waals surface area contributed by atoms with Crippen LogP contribution in [0, 0.1) is 0 Å². The van der Waals surface area contributed by atoms with Gasteiger partial charge in [0.15, 0.2) is 0 Å². The first-order valence-electron chi connectivity index (χ1n) is 16.1. The summed E-state index contributed by atoms with van der Waals surface area (Å²) < 4.78 is 0. The van der Waals surface area contributed by atoms with Crippen LogP contribution < -0.4 is 4.90 Å². The van der Waals surface area contributed by atoms with Crippen LogP contribution in [0.4, 0.5) is 17.1 Å². The van der Waals surface area contributed by atoms with Gasteiger partial charge in [0.2, 0.25) is 0 Å². The summed E-state index contributed by atoms with van der Waals surface area (Å²) in [6.07, 6.45) is 1.90. The van der Waals surface area contributed by atoms with E-state index in [4.69, 9.17) is 4.98 Å². The van der Waals surface area contributed by atoms with E-state index in [2.05, 4.69) is 175 Å². The second-order valence-corrected chi connectivity index (χ2v) is 11.9. The molecule has 0 saturated carbocycles. The zero-order valence-corrected chi connectivity index (χ0v) is 25.7. The molecular formula is C45H30N2. The van der Waals surface area contributed by atoms with Crippen molar-refractivity contribution in [1.82, 2.24) is 4.98 Å². The van der Waals surface area contributed by atoms with Crippen LogP contribution >= 0.6 is 0 Å². The largest absolute Gasteiger partial charge is 0.311 e. The molecule has 47 heavy (non-hydrogen) atoms. The van der Waals surface area contributed by atoms with Crippen molar-refractivity contribution >= 4 is 60.2 Å². The molecule has 0 N–H and O–H groups in total. The van der Waals surface area contributed by atoms with Gasteiger partial charge in [0.05, 0.1) is 5.69 Å². The number of rotatable bonds is 5. The van der Waals surface area contributed by atoms with Crippen LogP contribution in [0.5, 0.6) is 0 Å². The van der Waals surface area contributed by atoms with Crippen molar-refractivity contribution in [3.05, 3.63) is 182 Å². The Labute approximate surface area is 273 Å². The highest BCUT2D eigenvalue weighted by Crippen LogP contribution is 2.49. The second kappa shape index (κ2) is 11.3. The highest BCUT2D eigenvalue weighted by Gasteiger charge is 2.22. The number of para-hydroxylation sites is 2. The lowest BCUT2D eigenvalue weighted by atomic mass is 9.82. The van der Waals surface area contributed by atoms with Crippen LogP contribution in [0.3, 0.4) is 0 Å². The van der Waals surface area contributed by atoms with Crippen LogP contribution in [-0.2, 0) is 0 Å². The zero-order chi connectivity index (χ0) is 31.2. The first-order chi connectivity index (χ1) is 23.4. The van der Waals surface area contributed by atoms with Gasteiger partial charge in [-0.1, -0.05) is 127 Å². The van der Waals surface area contributed by atoms with Crippen LogP contribution in [0.2, 0.25) is 0 Å². The van der Waals surface area contributed by atoms with E-state index >= 15 is 0 Å². The van der Waals surface area contributed by atoms with Gasteiger partial charge >= 0.3 is 0 Å². The van der Waals surface area contributed by atoms with Crippen LogP contribution in [0.1, 0.15) is 0 Å². The number of pyridine rings is 1. The fourth-order valence-electron chi connectivity index (χ4n) is 7.30. The first-order valence-corrected chi connectivity index (χ1v) is 16.1. The number of benzene rings is 8. The summed E-state index contributed by atoms with van der Waals surface area (Å²) in [7, 11) is 0. The number of aromatic nitrogens is 1. The lowest BCUT2D eigenvalue weighted by Gasteiger charge is -2.26. The maximum absolute atomic E-state index is 4.92. The molecule has 0 atom stereocenters. The fourth-order valence-corrected chi connectivity index (χ4v) is 7.30. The Hall–Kier alpha value is -6.25. The summed E-state index contributed by atoms with van der Waals surface area (Å²) in [4.78, 5) is 7.23. The number of nitrogens with zero attached hydrogens (tertiary/aromatic N) is 2. The molecule has 8 aromatic carbocycles. The highest BCUT2D eigenvalue weighted by atomic mass is 15.1. The Bertz CT molecular complexity index is 2500. The standard InChI is InChI=1S/C45H30N2/c1-3-15-32(16-4-1)47(33-17-5-2-6-18-33)34-28-26-31(27-29-34)42-39-23-11-12-24-40(39)43(41-25-13-14-30-46-41)45-38-22-10-8-20-36(38)35-19-7-9-21-37(35)44(42)45/h1-30H. The molecule has 220 valence electrons. The molecule has 0 aliphatic rings. The lowest BCUT2D eigenvalue weighted by molar-refractivity contribution is 1.28. The quantitative estimate of drug-likeness (QED) is 0.145. The van der Waals surface area contributed by atoms with Gasteiger partial charge in [0.1, 0.15) is 0 Å². The molecule has 1 aromatic heterocycles. The Kier molecular flexibility index (Phi) is 6.50. The number of anilines is 3. The minimum absolute atomic E-state index is 0.984. The molecule has 0 aliphatic carbocycles. The summed E-state index contributed by atoms with van der Waals surface area (Å²) >= 11 is 0. The van der Waals surface area contributed by atoms with Gasteiger partial charge in [-0.2, -0.15) is 0 Å². The van der Waals surface area contributed by atoms with Crippen molar-refractivity contribution in [3.8, 4) is 22.4 Å². The third kappa shape index (κ3) is 4.46. The van der Waals surface area contributed by atoms with Gasteiger partial charge < -0.3 is 4.90 Å². The SMILES string of the molecule is c1ccc(N(c2ccccc2)c2ccc(-c3c4ccccc4c(-c4ccccn4)c4c5ccccc5c5ccccc5c34)cc2)cc1. The van der Waals surface area contributed by atoms with E-state index in [1.54, 1.807) is 0 Å². The van der Waals surface area contributed by atoms with Gasteiger partial charge in [0.25, 0.3) is 0 Å². The lowest BCUT2D eigenvalue weighted by Crippen LogP contribution is -2.09. The van der Waals surface area contributed by atoms with Gasteiger partial charge in [0, 0.05) is 34.2 Å². The maximum atomic E-state index is 4.92. The average molecular weight is 599 g/mol. The minimum atomic E-state index is 0.984. The van der Waals surface area contributed by atoms with Gasteiger partial charge in [-0.05, 0) is 97.4 Å². The number of hydrogen-bond acceptors (Lipinski definition) is 2. The third-order valence-corrected chi connectivity index (χ3v) is 9.26. The summed E-state index contributed by atoms with van der Waals surface area (Å²) in [6.45, 7) is 0. The van der Waals surface area contributed by atoms with Crippen molar-refractivity contribution in [1.29, 1.82) is 0 Å². The van der Waals surface area contributed by atoms with Crippen molar-refractivity contribution < 1.29 is 0 Å². The molecule has 0 amide bonds. The van der Waals surface area contributed by atoms with E-state index in [0.717, 1.165) is 22.8 Å². The van der Waals surface area contributed by atoms with Crippen LogP contribution in [0.15, 0.2) is 182 Å². The molecule has 1 heterocycles. The Morgan fingerprint density at radius 3 is 1.28 bits per heavy atom. The Morgan fingerprint density at radius 2 is 0.745 bits per heavy atom. The minimum Gasteiger partial charge on any atom is -0.311 e. The van der Waals surface area contributed by atoms with Gasteiger partial charge in [-0.15, -0.1) is 0 Å². The predicted molar refractivity (Wildman–Crippen MR) is 200 cm³/mol. The van der Waals surface area contributed by atoms with E-state index in [0.29, 0.717) is 0 Å². The van der Waals surface area contributed by atoms with Crippen molar-refractivity contribution in [3.63, 3.8) is 0 Å². The van der Waals surface area contributed by atoms with Crippen molar-refractivity contribution in [2.45, 2.75) is 0 Å². The molecule has 0 spiro atoms. The molecule has 0 radical (unpaired) electrons. The molecule has 0 unspecified atom stereocenters. The molecule has 2 nitrogen and oxygen atoms in total. The second-order valence-electron chi connectivity index (χ2n) is 11.9. The van der Waals surface area contributed by atoms with Gasteiger partial charge in [-0.3, -0.25) is 4.98 Å². The zero-order valence-electron chi connectivity index (χ0n) is 25.7. The molecule has 0 fully saturated rings. The molecule has 0 saturated heterocycles. The van der Waals surface area contributed by atoms with E-state index in [-0.39, 0.29) is 0 Å². The van der Waals surface area contributed by atoms with E-state index < -0.39 is 0 Å². The van der Waals surface area contributed by atoms with E-state index in [1.807, 2.05) is 12.3 Å². The molecule has 9 rings (SSSR count). The predicted octanol–water partition coefficient (Wildman–Crippen LogP) is 12.5. The highest BCUT2D eigenvalue weighted by molar-refractivity contribution is 6.36. The molecular weight excluding hydrogens is 569 g/mol. The van der Waals surface area contributed by atoms with Crippen LogP contribution in [0.25, 0.3) is 65.5 Å². The topological polar surface area (TPSA) is 16.1 Å². The summed E-state index contributed by atoms with van der Waals surface area (Å²) in [5, 5.41) is 9.93. The van der Waals surface area contributed by atoms with E-state index in [9.17, 15) is 0 Å². The molecule has 0 aliphatic heterocycles. The molecule has 9 aromatic rings. The number of fused-ring (bicyclic) bond motifs is 7. The molecule has 2 heteroatoms. The molecule has 0 bridgehead atoms. The first kappa shape index (κ1) is 27.1. The van der Waals surface area contributed by atoms with E-state index in [1.165, 1.54) is 59.8 Å². The smallest absolute Gasteiger partial charge is 0.0714 e. The maximum Gasteiger partial charge on any atom is 0.0714 e. The average Bonchev–Trinajstić information content (AvgIpc) is 3.16. The monoisotopic (exact) mass is 598 g/mol. The summed E-state index contributed by atoms with van der Waals surface area (Å²) in [5.41, 5.74) is 7.95. The van der Waals surface area contributed by atoms with Gasteiger partial charge in [-0.25, -0.2) is 0 Å². The Balaban J connectivity index is 1.39. The Morgan fingerprint density at radius 1 is 0.319 bits per heavy atom. The van der Waals surface area contributed by atoms with Crippen molar-refractivity contribution in [2.75, 3.05) is 4.90 Å².